The number of nitrogens with zero attached hydrogens (tertiary/aromatic N) is 2. The van der Waals surface area contributed by atoms with E-state index in [9.17, 15) is 4.79 Å². The number of amides is 1. The summed E-state index contributed by atoms with van der Waals surface area (Å²) in [5.74, 6) is 0.523. The van der Waals surface area contributed by atoms with Crippen molar-refractivity contribution in [2.75, 3.05) is 0 Å². The molecule has 0 saturated heterocycles. The van der Waals surface area contributed by atoms with Crippen LogP contribution in [0.4, 0.5) is 0 Å². The molecule has 2 fully saturated rings. The second-order valence-corrected chi connectivity index (χ2v) is 6.17. The lowest BCUT2D eigenvalue weighted by atomic mass is 9.85. The van der Waals surface area contributed by atoms with Gasteiger partial charge in [-0.2, -0.15) is 0 Å². The summed E-state index contributed by atoms with van der Waals surface area (Å²) in [6, 6.07) is 4.74. The van der Waals surface area contributed by atoms with Gasteiger partial charge in [0.1, 0.15) is 0 Å². The molecule has 2 saturated carbocycles. The van der Waals surface area contributed by atoms with E-state index >= 15 is 0 Å². The van der Waals surface area contributed by atoms with Crippen LogP contribution < -0.4 is 5.73 Å². The van der Waals surface area contributed by atoms with Crippen molar-refractivity contribution in [2.24, 2.45) is 11.7 Å². The van der Waals surface area contributed by atoms with Crippen LogP contribution in [0, 0.1) is 5.92 Å². The van der Waals surface area contributed by atoms with Crippen molar-refractivity contribution in [1.82, 2.24) is 9.88 Å². The Labute approximate surface area is 120 Å². The van der Waals surface area contributed by atoms with Crippen LogP contribution in [0.2, 0.25) is 0 Å². The highest BCUT2D eigenvalue weighted by Gasteiger charge is 2.36. The van der Waals surface area contributed by atoms with Crippen LogP contribution in [0.1, 0.15) is 44.1 Å². The summed E-state index contributed by atoms with van der Waals surface area (Å²) in [7, 11) is 0. The summed E-state index contributed by atoms with van der Waals surface area (Å²) in [5, 5.41) is 0. The van der Waals surface area contributed by atoms with Gasteiger partial charge < -0.3 is 10.6 Å². The Morgan fingerprint density at radius 1 is 1.25 bits per heavy atom. The standard InChI is InChI=1S/C16H23N3O/c17-14-5-3-13(4-6-14)16(20)19(15-7-8-15)11-12-2-1-9-18-10-12/h1-2,9-10,13-15H,3-8,11,17H2. The highest BCUT2D eigenvalue weighted by molar-refractivity contribution is 5.79. The number of rotatable bonds is 4. The van der Waals surface area contributed by atoms with Gasteiger partial charge in [-0.25, -0.2) is 0 Å². The summed E-state index contributed by atoms with van der Waals surface area (Å²) in [5.41, 5.74) is 7.06. The highest BCUT2D eigenvalue weighted by Crippen LogP contribution is 2.33. The quantitative estimate of drug-likeness (QED) is 0.914. The average molecular weight is 273 g/mol. The third-order valence-electron chi connectivity index (χ3n) is 4.47. The van der Waals surface area contributed by atoms with Crippen molar-refractivity contribution in [3.05, 3.63) is 30.1 Å². The van der Waals surface area contributed by atoms with Crippen LogP contribution in [0.3, 0.4) is 0 Å². The van der Waals surface area contributed by atoms with E-state index in [0.717, 1.165) is 44.1 Å². The van der Waals surface area contributed by atoms with Crippen LogP contribution >= 0.6 is 0 Å². The van der Waals surface area contributed by atoms with E-state index < -0.39 is 0 Å². The smallest absolute Gasteiger partial charge is 0.226 e. The molecule has 1 aromatic rings. The van der Waals surface area contributed by atoms with Crippen LogP contribution in [0.15, 0.2) is 24.5 Å². The molecule has 1 amide bonds. The summed E-state index contributed by atoms with van der Waals surface area (Å²) in [6.07, 6.45) is 9.82. The lowest BCUT2D eigenvalue weighted by Crippen LogP contribution is -2.40. The predicted molar refractivity (Wildman–Crippen MR) is 77.7 cm³/mol. The van der Waals surface area contributed by atoms with Crippen LogP contribution in [-0.2, 0) is 11.3 Å². The van der Waals surface area contributed by atoms with E-state index in [4.69, 9.17) is 5.73 Å². The lowest BCUT2D eigenvalue weighted by molar-refractivity contribution is -0.137. The van der Waals surface area contributed by atoms with Crippen molar-refractivity contribution >= 4 is 5.91 Å². The van der Waals surface area contributed by atoms with Crippen molar-refractivity contribution in [3.63, 3.8) is 0 Å². The molecule has 108 valence electrons. The first-order valence-electron chi connectivity index (χ1n) is 7.69. The molecule has 1 heterocycles. The van der Waals surface area contributed by atoms with Gasteiger partial charge in [0.25, 0.3) is 0 Å². The van der Waals surface area contributed by atoms with Crippen LogP contribution in [-0.4, -0.2) is 27.9 Å². The molecule has 0 aromatic carbocycles. The molecule has 0 radical (unpaired) electrons. The van der Waals surface area contributed by atoms with Gasteiger partial charge in [-0.15, -0.1) is 0 Å². The van der Waals surface area contributed by atoms with Gasteiger partial charge in [0.05, 0.1) is 0 Å². The molecule has 0 spiro atoms. The number of carbonyl (C=O) groups is 1. The molecule has 0 aliphatic heterocycles. The minimum Gasteiger partial charge on any atom is -0.335 e. The van der Waals surface area contributed by atoms with Crippen molar-refractivity contribution in [2.45, 2.75) is 57.2 Å². The second kappa shape index (κ2) is 5.92. The second-order valence-electron chi connectivity index (χ2n) is 6.17. The normalized spacial score (nSPS) is 26.2. The van der Waals surface area contributed by atoms with Crippen molar-refractivity contribution < 1.29 is 4.79 Å². The van der Waals surface area contributed by atoms with E-state index in [1.54, 1.807) is 6.20 Å². The largest absolute Gasteiger partial charge is 0.335 e. The summed E-state index contributed by atoms with van der Waals surface area (Å²) < 4.78 is 0. The molecule has 4 nitrogen and oxygen atoms in total. The minimum absolute atomic E-state index is 0.187. The molecule has 0 unspecified atom stereocenters. The maximum atomic E-state index is 12.8. The first-order chi connectivity index (χ1) is 9.74. The highest BCUT2D eigenvalue weighted by atomic mass is 16.2. The van der Waals surface area contributed by atoms with E-state index in [1.165, 1.54) is 0 Å². The Hall–Kier alpha value is -1.42. The lowest BCUT2D eigenvalue weighted by Gasteiger charge is -2.31. The maximum Gasteiger partial charge on any atom is 0.226 e. The molecule has 0 atom stereocenters. The number of carbonyl (C=O) groups excluding carboxylic acids is 1. The molecule has 3 rings (SSSR count). The van der Waals surface area contributed by atoms with E-state index in [0.29, 0.717) is 24.5 Å². The first kappa shape index (κ1) is 13.6. The Morgan fingerprint density at radius 2 is 2.00 bits per heavy atom. The Kier molecular flexibility index (Phi) is 4.01. The molecular weight excluding hydrogens is 250 g/mol. The SMILES string of the molecule is NC1CCC(C(=O)N(Cc2cccnc2)C2CC2)CC1. The predicted octanol–water partition coefficient (Wildman–Crippen LogP) is 2.09. The molecule has 2 N–H and O–H groups in total. The van der Waals surface area contributed by atoms with Gasteiger partial charge in [-0.05, 0) is 50.2 Å². The number of hydrogen-bond donors (Lipinski definition) is 1. The fraction of sp³-hybridized carbons (Fsp3) is 0.625. The third kappa shape index (κ3) is 3.18. The zero-order chi connectivity index (χ0) is 13.9. The molecule has 2 aliphatic carbocycles. The summed E-state index contributed by atoms with van der Waals surface area (Å²) in [6.45, 7) is 0.708. The van der Waals surface area contributed by atoms with Crippen LogP contribution in [0.5, 0.6) is 0 Å². The zero-order valence-corrected chi connectivity index (χ0v) is 11.9. The molecular formula is C16H23N3O. The molecule has 1 aromatic heterocycles. The minimum atomic E-state index is 0.187. The van der Waals surface area contributed by atoms with E-state index in [1.807, 2.05) is 18.3 Å². The third-order valence-corrected chi connectivity index (χ3v) is 4.47. The topological polar surface area (TPSA) is 59.2 Å². The van der Waals surface area contributed by atoms with Crippen molar-refractivity contribution in [3.8, 4) is 0 Å². The van der Waals surface area contributed by atoms with Gasteiger partial charge in [0.15, 0.2) is 0 Å². The first-order valence-corrected chi connectivity index (χ1v) is 7.69. The fourth-order valence-corrected chi connectivity index (χ4v) is 3.06. The van der Waals surface area contributed by atoms with Crippen LogP contribution in [0.25, 0.3) is 0 Å². The average Bonchev–Trinajstić information content (AvgIpc) is 3.30. The number of hydrogen-bond acceptors (Lipinski definition) is 3. The molecule has 4 heteroatoms. The van der Waals surface area contributed by atoms with E-state index in [2.05, 4.69) is 9.88 Å². The van der Waals surface area contributed by atoms with Gasteiger partial charge in [-0.1, -0.05) is 6.07 Å². The van der Waals surface area contributed by atoms with E-state index in [-0.39, 0.29) is 5.92 Å². The van der Waals surface area contributed by atoms with Gasteiger partial charge in [-0.3, -0.25) is 9.78 Å². The van der Waals surface area contributed by atoms with Gasteiger partial charge >= 0.3 is 0 Å². The number of nitrogens with two attached hydrogens (primary N) is 1. The zero-order valence-electron chi connectivity index (χ0n) is 11.9. The Balaban J connectivity index is 1.66. The molecule has 0 bridgehead atoms. The number of pyridine rings is 1. The molecule has 2 aliphatic rings. The number of aromatic nitrogens is 1. The van der Waals surface area contributed by atoms with Crippen molar-refractivity contribution in [1.29, 1.82) is 0 Å². The van der Waals surface area contributed by atoms with Gasteiger partial charge in [0.2, 0.25) is 5.91 Å². The monoisotopic (exact) mass is 273 g/mol. The Bertz CT molecular complexity index is 450. The maximum absolute atomic E-state index is 12.8. The fourth-order valence-electron chi connectivity index (χ4n) is 3.06. The summed E-state index contributed by atoms with van der Waals surface area (Å²) in [4.78, 5) is 19.0. The van der Waals surface area contributed by atoms with Gasteiger partial charge in [0, 0.05) is 36.9 Å². The molecule has 20 heavy (non-hydrogen) atoms. The summed E-state index contributed by atoms with van der Waals surface area (Å²) >= 11 is 0. The Morgan fingerprint density at radius 3 is 2.60 bits per heavy atom.